The summed E-state index contributed by atoms with van der Waals surface area (Å²) in [5.41, 5.74) is 0.524. The van der Waals surface area contributed by atoms with Crippen LogP contribution < -0.4 is 4.74 Å². The zero-order valence-electron chi connectivity index (χ0n) is 12.8. The number of hydrogen-bond acceptors (Lipinski definition) is 5. The van der Waals surface area contributed by atoms with E-state index >= 15 is 0 Å². The lowest BCUT2D eigenvalue weighted by Gasteiger charge is -2.16. The molecule has 0 aliphatic rings. The number of methoxy groups -OCH3 is 1. The van der Waals surface area contributed by atoms with E-state index in [-0.39, 0.29) is 11.3 Å². The van der Waals surface area contributed by atoms with Crippen molar-refractivity contribution >= 4 is 15.5 Å². The van der Waals surface area contributed by atoms with Crippen molar-refractivity contribution in [2.24, 2.45) is 0 Å². The quantitative estimate of drug-likeness (QED) is 0.597. The van der Waals surface area contributed by atoms with Crippen LogP contribution in [0.2, 0.25) is 0 Å². The first-order chi connectivity index (χ1) is 10.9. The highest BCUT2D eigenvalue weighted by Crippen LogP contribution is 2.33. The number of hydrogen-bond donors (Lipinski definition) is 0. The molecule has 7 heteroatoms. The van der Waals surface area contributed by atoms with Crippen molar-refractivity contribution in [2.75, 3.05) is 7.11 Å². The minimum absolute atomic E-state index is 0.180. The summed E-state index contributed by atoms with van der Waals surface area (Å²) in [6.45, 7) is 1.56. The molecule has 2 aromatic carbocycles. The Morgan fingerprint density at radius 2 is 1.74 bits per heavy atom. The fraction of sp³-hybridized carbons (Fsp3) is 0.250. The molecular formula is C16H17NO5S. The molecule has 0 saturated carbocycles. The van der Waals surface area contributed by atoms with Crippen LogP contribution in [0.3, 0.4) is 0 Å². The molecule has 0 bridgehead atoms. The molecule has 0 heterocycles. The van der Waals surface area contributed by atoms with E-state index in [0.717, 1.165) is 0 Å². The van der Waals surface area contributed by atoms with Crippen LogP contribution in [-0.2, 0) is 15.6 Å². The van der Waals surface area contributed by atoms with Gasteiger partial charge < -0.3 is 4.74 Å². The molecular weight excluding hydrogens is 318 g/mol. The van der Waals surface area contributed by atoms with Gasteiger partial charge in [0.15, 0.2) is 9.84 Å². The van der Waals surface area contributed by atoms with Gasteiger partial charge in [0.2, 0.25) is 0 Å². The average Bonchev–Trinajstić information content (AvgIpc) is 2.54. The molecule has 0 aromatic heterocycles. The van der Waals surface area contributed by atoms with E-state index in [1.165, 1.54) is 25.3 Å². The molecule has 1 atom stereocenters. The Labute approximate surface area is 134 Å². The van der Waals surface area contributed by atoms with Gasteiger partial charge in [0.1, 0.15) is 5.75 Å². The number of rotatable bonds is 6. The minimum atomic E-state index is -3.64. The highest BCUT2D eigenvalue weighted by atomic mass is 32.2. The molecule has 1 unspecified atom stereocenters. The summed E-state index contributed by atoms with van der Waals surface area (Å²) in [6.07, 6.45) is 0. The summed E-state index contributed by atoms with van der Waals surface area (Å²) in [7, 11) is -2.17. The van der Waals surface area contributed by atoms with E-state index in [2.05, 4.69) is 0 Å². The maximum atomic E-state index is 12.7. The zero-order chi connectivity index (χ0) is 17.0. The summed E-state index contributed by atoms with van der Waals surface area (Å²) >= 11 is 0. The second-order valence-corrected chi connectivity index (χ2v) is 7.40. The first-order valence-corrected chi connectivity index (χ1v) is 8.65. The van der Waals surface area contributed by atoms with Crippen LogP contribution in [0.25, 0.3) is 0 Å². The third-order valence-corrected chi connectivity index (χ3v) is 5.71. The van der Waals surface area contributed by atoms with E-state index < -0.39 is 25.8 Å². The molecule has 0 saturated heterocycles. The molecule has 0 amide bonds. The largest absolute Gasteiger partial charge is 0.496 e. The number of benzene rings is 2. The monoisotopic (exact) mass is 335 g/mol. The Hall–Kier alpha value is -2.41. The molecule has 23 heavy (non-hydrogen) atoms. The van der Waals surface area contributed by atoms with Gasteiger partial charge in [0.05, 0.1) is 23.0 Å². The van der Waals surface area contributed by atoms with Gasteiger partial charge in [0.25, 0.3) is 5.69 Å². The molecule has 2 aromatic rings. The van der Waals surface area contributed by atoms with Crippen molar-refractivity contribution in [2.45, 2.75) is 17.9 Å². The van der Waals surface area contributed by atoms with Crippen molar-refractivity contribution in [3.05, 3.63) is 69.8 Å². The van der Waals surface area contributed by atoms with Crippen molar-refractivity contribution in [3.63, 3.8) is 0 Å². The molecule has 0 spiro atoms. The Balaban J connectivity index is 2.38. The number of ether oxygens (including phenoxy) is 1. The maximum Gasteiger partial charge on any atom is 0.273 e. The fourth-order valence-electron chi connectivity index (χ4n) is 2.35. The van der Waals surface area contributed by atoms with Gasteiger partial charge in [0, 0.05) is 17.2 Å². The van der Waals surface area contributed by atoms with Crippen LogP contribution in [0.1, 0.15) is 23.3 Å². The van der Waals surface area contributed by atoms with Gasteiger partial charge in [-0.05, 0) is 13.0 Å². The molecule has 2 rings (SSSR count). The van der Waals surface area contributed by atoms with Gasteiger partial charge in [-0.1, -0.05) is 36.4 Å². The van der Waals surface area contributed by atoms with Crippen LogP contribution in [0.15, 0.2) is 48.5 Å². The van der Waals surface area contributed by atoms with Gasteiger partial charge in [-0.2, -0.15) is 0 Å². The number of para-hydroxylation sites is 2. The maximum absolute atomic E-state index is 12.7. The number of sulfone groups is 1. The second kappa shape index (κ2) is 6.78. The van der Waals surface area contributed by atoms with Gasteiger partial charge in [-0.25, -0.2) is 8.42 Å². The SMILES string of the molecule is COc1ccccc1C(C)S(=O)(=O)Cc1ccccc1[N+](=O)[O-]. The second-order valence-electron chi connectivity index (χ2n) is 5.08. The van der Waals surface area contributed by atoms with Gasteiger partial charge in [-0.3, -0.25) is 10.1 Å². The summed E-state index contributed by atoms with van der Waals surface area (Å²) in [6, 6.07) is 12.7. The highest BCUT2D eigenvalue weighted by molar-refractivity contribution is 7.90. The highest BCUT2D eigenvalue weighted by Gasteiger charge is 2.28. The lowest BCUT2D eigenvalue weighted by molar-refractivity contribution is -0.385. The normalized spacial score (nSPS) is 12.6. The Bertz CT molecular complexity index is 817. The summed E-state index contributed by atoms with van der Waals surface area (Å²) in [5, 5.41) is 10.2. The summed E-state index contributed by atoms with van der Waals surface area (Å²) in [5.74, 6) is 0.0785. The Kier molecular flexibility index (Phi) is 5.00. The first kappa shape index (κ1) is 17.0. The Morgan fingerprint density at radius 3 is 2.39 bits per heavy atom. The van der Waals surface area contributed by atoms with E-state index in [4.69, 9.17) is 4.74 Å². The molecule has 122 valence electrons. The van der Waals surface area contributed by atoms with Gasteiger partial charge >= 0.3 is 0 Å². The first-order valence-electron chi connectivity index (χ1n) is 6.93. The van der Waals surface area contributed by atoms with E-state index in [9.17, 15) is 18.5 Å². The van der Waals surface area contributed by atoms with Crippen LogP contribution in [0.5, 0.6) is 5.75 Å². The zero-order valence-corrected chi connectivity index (χ0v) is 13.6. The molecule has 0 aliphatic carbocycles. The molecule has 0 fully saturated rings. The fourth-order valence-corrected chi connectivity index (χ4v) is 3.86. The van der Waals surface area contributed by atoms with Crippen molar-refractivity contribution in [1.82, 2.24) is 0 Å². The van der Waals surface area contributed by atoms with E-state index in [0.29, 0.717) is 11.3 Å². The number of nitro groups is 1. The molecule has 0 N–H and O–H groups in total. The summed E-state index contributed by atoms with van der Waals surface area (Å²) < 4.78 is 30.5. The average molecular weight is 335 g/mol. The van der Waals surface area contributed by atoms with Crippen LogP contribution in [0, 0.1) is 10.1 Å². The van der Waals surface area contributed by atoms with Crippen molar-refractivity contribution in [1.29, 1.82) is 0 Å². The van der Waals surface area contributed by atoms with E-state index in [1.807, 2.05) is 0 Å². The molecule has 0 radical (unpaired) electrons. The lowest BCUT2D eigenvalue weighted by Crippen LogP contribution is -2.14. The number of nitro benzene ring substituents is 1. The predicted octanol–water partition coefficient (Wildman–Crippen LogP) is 3.28. The van der Waals surface area contributed by atoms with E-state index in [1.54, 1.807) is 37.3 Å². The lowest BCUT2D eigenvalue weighted by atomic mass is 10.1. The topological polar surface area (TPSA) is 86.5 Å². The standard InChI is InChI=1S/C16H17NO5S/c1-12(14-8-4-6-10-16(14)22-2)23(20,21)11-13-7-3-5-9-15(13)17(18)19/h3-10,12H,11H2,1-2H3. The number of nitrogens with zero attached hydrogens (tertiary/aromatic N) is 1. The summed E-state index contributed by atoms with van der Waals surface area (Å²) in [4.78, 5) is 10.5. The third-order valence-electron chi connectivity index (χ3n) is 3.66. The Morgan fingerprint density at radius 1 is 1.13 bits per heavy atom. The molecule has 6 nitrogen and oxygen atoms in total. The molecule has 0 aliphatic heterocycles. The third kappa shape index (κ3) is 3.68. The smallest absolute Gasteiger partial charge is 0.273 e. The van der Waals surface area contributed by atoms with Gasteiger partial charge in [-0.15, -0.1) is 0 Å². The van der Waals surface area contributed by atoms with Crippen LogP contribution in [-0.4, -0.2) is 20.5 Å². The predicted molar refractivity (Wildman–Crippen MR) is 87.1 cm³/mol. The van der Waals surface area contributed by atoms with Crippen LogP contribution in [0.4, 0.5) is 5.69 Å². The van der Waals surface area contributed by atoms with Crippen LogP contribution >= 0.6 is 0 Å². The minimum Gasteiger partial charge on any atom is -0.496 e. The van der Waals surface area contributed by atoms with Crippen molar-refractivity contribution < 1.29 is 18.1 Å². The van der Waals surface area contributed by atoms with Crippen molar-refractivity contribution in [3.8, 4) is 5.75 Å².